The van der Waals surface area contributed by atoms with Gasteiger partial charge in [-0.05, 0) is 43.8 Å². The molecule has 0 aliphatic heterocycles. The lowest BCUT2D eigenvalue weighted by molar-refractivity contribution is -0.117. The zero-order chi connectivity index (χ0) is 19.4. The Morgan fingerprint density at radius 3 is 2.74 bits per heavy atom. The molecule has 1 N–H and O–H groups in total. The highest BCUT2D eigenvalue weighted by Crippen LogP contribution is 2.29. The second kappa shape index (κ2) is 8.47. The van der Waals surface area contributed by atoms with Crippen LogP contribution in [0.15, 0.2) is 40.9 Å². The number of nitrogens with zero attached hydrogens (tertiary/aromatic N) is 4. The average Bonchev–Trinajstić information content (AvgIpc) is 3.04. The molecule has 0 aliphatic rings. The van der Waals surface area contributed by atoms with Crippen molar-refractivity contribution in [3.8, 4) is 11.5 Å². The van der Waals surface area contributed by atoms with Gasteiger partial charge in [-0.3, -0.25) is 9.69 Å². The summed E-state index contributed by atoms with van der Waals surface area (Å²) >= 11 is 12.0. The molecule has 0 fully saturated rings. The number of benzene rings is 1. The third-order valence-electron chi connectivity index (χ3n) is 3.63. The summed E-state index contributed by atoms with van der Waals surface area (Å²) in [6.45, 7) is 2.39. The highest BCUT2D eigenvalue weighted by molar-refractivity contribution is 6.36. The Balaban J connectivity index is 1.58. The lowest BCUT2D eigenvalue weighted by Crippen LogP contribution is -2.30. The lowest BCUT2D eigenvalue weighted by Gasteiger charge is -2.13. The van der Waals surface area contributed by atoms with Crippen LogP contribution in [0.4, 0.5) is 5.82 Å². The molecule has 3 rings (SSSR count). The maximum absolute atomic E-state index is 12.1. The lowest BCUT2D eigenvalue weighted by atomic mass is 10.2. The Labute approximate surface area is 166 Å². The number of hydrogen-bond donors (Lipinski definition) is 1. The van der Waals surface area contributed by atoms with Crippen LogP contribution < -0.4 is 5.32 Å². The molecule has 0 saturated heterocycles. The zero-order valence-corrected chi connectivity index (χ0v) is 16.3. The second-order valence-electron chi connectivity index (χ2n) is 6.07. The number of hydrogen-bond acceptors (Lipinski definition) is 6. The van der Waals surface area contributed by atoms with Gasteiger partial charge in [-0.2, -0.15) is 0 Å². The molecule has 9 heteroatoms. The number of carbonyl (C=O) groups is 1. The maximum atomic E-state index is 12.1. The van der Waals surface area contributed by atoms with E-state index < -0.39 is 0 Å². The molecule has 0 unspecified atom stereocenters. The van der Waals surface area contributed by atoms with Gasteiger partial charge in [-0.15, -0.1) is 10.2 Å². The number of likely N-dealkylation sites (N-methyl/N-ethyl adjacent to an activating group) is 1. The molecule has 27 heavy (non-hydrogen) atoms. The minimum atomic E-state index is -0.186. The van der Waals surface area contributed by atoms with Gasteiger partial charge < -0.3 is 9.73 Å². The molecular formula is C18H17Cl2N5O2. The van der Waals surface area contributed by atoms with Gasteiger partial charge in [0, 0.05) is 11.2 Å². The van der Waals surface area contributed by atoms with E-state index in [2.05, 4.69) is 20.5 Å². The molecule has 3 aromatic rings. The van der Waals surface area contributed by atoms with Gasteiger partial charge in [0.15, 0.2) is 0 Å². The topological polar surface area (TPSA) is 84.2 Å². The fourth-order valence-corrected chi connectivity index (χ4v) is 2.83. The molecule has 0 radical (unpaired) electrons. The van der Waals surface area contributed by atoms with Crippen molar-refractivity contribution >= 4 is 34.9 Å². The first-order valence-electron chi connectivity index (χ1n) is 8.09. The van der Waals surface area contributed by atoms with E-state index in [1.807, 2.05) is 13.0 Å². The van der Waals surface area contributed by atoms with Gasteiger partial charge in [0.2, 0.25) is 17.7 Å². The molecule has 0 atom stereocenters. The number of halogens is 2. The molecule has 2 aromatic heterocycles. The molecule has 2 heterocycles. The van der Waals surface area contributed by atoms with Crippen molar-refractivity contribution in [2.24, 2.45) is 0 Å². The van der Waals surface area contributed by atoms with Crippen molar-refractivity contribution in [3.63, 3.8) is 0 Å². The van der Waals surface area contributed by atoms with Crippen molar-refractivity contribution in [2.75, 3.05) is 18.9 Å². The van der Waals surface area contributed by atoms with Crippen LogP contribution in [-0.4, -0.2) is 39.6 Å². The van der Waals surface area contributed by atoms with E-state index in [0.29, 0.717) is 39.8 Å². The first kappa shape index (κ1) is 19.3. The summed E-state index contributed by atoms with van der Waals surface area (Å²) in [4.78, 5) is 18.0. The highest BCUT2D eigenvalue weighted by Gasteiger charge is 2.15. The molecule has 1 aromatic carbocycles. The van der Waals surface area contributed by atoms with E-state index in [0.717, 1.165) is 5.56 Å². The molecule has 0 spiro atoms. The summed E-state index contributed by atoms with van der Waals surface area (Å²) in [7, 11) is 1.78. The molecule has 0 bridgehead atoms. The summed E-state index contributed by atoms with van der Waals surface area (Å²) in [5.74, 6) is 0.999. The fraction of sp³-hybridized carbons (Fsp3) is 0.222. The van der Waals surface area contributed by atoms with Crippen LogP contribution in [0.3, 0.4) is 0 Å². The van der Waals surface area contributed by atoms with Gasteiger partial charge >= 0.3 is 0 Å². The number of nitrogens with one attached hydrogen (secondary N) is 1. The first-order chi connectivity index (χ1) is 12.9. The molecule has 140 valence electrons. The van der Waals surface area contributed by atoms with E-state index in [1.54, 1.807) is 42.4 Å². The van der Waals surface area contributed by atoms with Gasteiger partial charge in [-0.25, -0.2) is 4.98 Å². The van der Waals surface area contributed by atoms with E-state index in [9.17, 15) is 4.79 Å². The van der Waals surface area contributed by atoms with Crippen LogP contribution >= 0.6 is 23.2 Å². The van der Waals surface area contributed by atoms with Gasteiger partial charge in [-0.1, -0.05) is 29.3 Å². The Kier molecular flexibility index (Phi) is 6.05. The summed E-state index contributed by atoms with van der Waals surface area (Å²) in [6.07, 6.45) is 1.70. The normalized spacial score (nSPS) is 11.0. The Hall–Kier alpha value is -2.48. The van der Waals surface area contributed by atoms with Crippen molar-refractivity contribution in [2.45, 2.75) is 13.5 Å². The Bertz CT molecular complexity index is 943. The second-order valence-corrected chi connectivity index (χ2v) is 6.91. The van der Waals surface area contributed by atoms with Gasteiger partial charge in [0.25, 0.3) is 0 Å². The van der Waals surface area contributed by atoms with Gasteiger partial charge in [0.05, 0.1) is 23.7 Å². The van der Waals surface area contributed by atoms with Crippen LogP contribution in [0, 0.1) is 6.92 Å². The number of anilines is 1. The third kappa shape index (κ3) is 5.26. The zero-order valence-electron chi connectivity index (χ0n) is 14.7. The molecule has 7 nitrogen and oxygen atoms in total. The largest absolute Gasteiger partial charge is 0.419 e. The van der Waals surface area contributed by atoms with E-state index in [1.165, 1.54) is 0 Å². The number of aromatic nitrogens is 3. The molecule has 0 aliphatic carbocycles. The summed E-state index contributed by atoms with van der Waals surface area (Å²) in [5.41, 5.74) is 1.63. The van der Waals surface area contributed by atoms with Crippen LogP contribution in [0.2, 0.25) is 10.0 Å². The van der Waals surface area contributed by atoms with E-state index >= 15 is 0 Å². The number of amides is 1. The fourth-order valence-electron chi connectivity index (χ4n) is 2.35. The van der Waals surface area contributed by atoms with Crippen LogP contribution in [0.5, 0.6) is 0 Å². The predicted octanol–water partition coefficient (Wildman–Crippen LogP) is 3.82. The standard InChI is InChI=1S/C18H17Cl2N5O2/c1-11-3-6-15(21-8-11)22-16(26)9-25(2)10-17-23-24-18(27-17)13-5-4-12(19)7-14(13)20/h3-8H,9-10H2,1-2H3,(H,21,22,26). The number of carbonyl (C=O) groups excluding carboxylic acids is 1. The minimum absolute atomic E-state index is 0.148. The number of rotatable bonds is 6. The number of aryl methyl sites for hydroxylation is 1. The summed E-state index contributed by atoms with van der Waals surface area (Å²) < 4.78 is 5.64. The highest BCUT2D eigenvalue weighted by atomic mass is 35.5. The van der Waals surface area contributed by atoms with E-state index in [4.69, 9.17) is 27.6 Å². The van der Waals surface area contributed by atoms with Crippen LogP contribution in [-0.2, 0) is 11.3 Å². The van der Waals surface area contributed by atoms with Crippen molar-refractivity contribution in [1.82, 2.24) is 20.1 Å². The SMILES string of the molecule is Cc1ccc(NC(=O)CN(C)Cc2nnc(-c3ccc(Cl)cc3Cl)o2)nc1. The first-order valence-corrected chi connectivity index (χ1v) is 8.85. The monoisotopic (exact) mass is 405 g/mol. The van der Waals surface area contributed by atoms with Crippen LogP contribution in [0.25, 0.3) is 11.5 Å². The van der Waals surface area contributed by atoms with E-state index in [-0.39, 0.29) is 12.5 Å². The maximum Gasteiger partial charge on any atom is 0.249 e. The molecule has 0 saturated carbocycles. The Morgan fingerprint density at radius 2 is 2.04 bits per heavy atom. The molecule has 1 amide bonds. The third-order valence-corrected chi connectivity index (χ3v) is 4.17. The van der Waals surface area contributed by atoms with Crippen molar-refractivity contribution in [1.29, 1.82) is 0 Å². The summed E-state index contributed by atoms with van der Waals surface area (Å²) in [6, 6.07) is 8.66. The average molecular weight is 406 g/mol. The minimum Gasteiger partial charge on any atom is -0.419 e. The Morgan fingerprint density at radius 1 is 1.22 bits per heavy atom. The quantitative estimate of drug-likeness (QED) is 0.670. The van der Waals surface area contributed by atoms with Gasteiger partial charge in [0.1, 0.15) is 5.82 Å². The number of pyridine rings is 1. The summed E-state index contributed by atoms with van der Waals surface area (Å²) in [5, 5.41) is 11.7. The van der Waals surface area contributed by atoms with Crippen molar-refractivity contribution < 1.29 is 9.21 Å². The predicted molar refractivity (Wildman–Crippen MR) is 104 cm³/mol. The molecular weight excluding hydrogens is 389 g/mol. The van der Waals surface area contributed by atoms with Crippen molar-refractivity contribution in [3.05, 3.63) is 58.0 Å². The van der Waals surface area contributed by atoms with Crippen LogP contribution in [0.1, 0.15) is 11.5 Å². The smallest absolute Gasteiger partial charge is 0.249 e.